The first-order chi connectivity index (χ1) is 14.7. The van der Waals surface area contributed by atoms with Gasteiger partial charge in [-0.2, -0.15) is 0 Å². The number of carbonyl (C=O) groups is 1. The number of hydrogen-bond donors (Lipinski definition) is 3. The summed E-state index contributed by atoms with van der Waals surface area (Å²) in [6.45, 7) is 3.27. The van der Waals surface area contributed by atoms with Gasteiger partial charge in [-0.05, 0) is 50.2 Å². The quantitative estimate of drug-likeness (QED) is 0.473. The maximum absolute atomic E-state index is 12.3. The third-order valence-corrected chi connectivity index (χ3v) is 5.79. The standard InChI is InChI=1S/C21H28N2O7S/c1-14(2)23-31(26,27)17-10-8-15(9-11-17)21(25)22-12-16(24)13-30-20-18(28-3)6-5-7-19(20)29-4/h5-11,14,16,23-24H,12-13H2,1-4H3,(H,22,25). The number of para-hydroxylation sites is 1. The Balaban J connectivity index is 1.91. The molecule has 0 aliphatic rings. The molecule has 0 spiro atoms. The average Bonchev–Trinajstić information content (AvgIpc) is 2.74. The van der Waals surface area contributed by atoms with E-state index in [2.05, 4.69) is 10.0 Å². The maximum atomic E-state index is 12.3. The lowest BCUT2D eigenvalue weighted by atomic mass is 10.2. The molecule has 10 heteroatoms. The number of methoxy groups -OCH3 is 2. The van der Waals surface area contributed by atoms with Gasteiger partial charge in [-0.1, -0.05) is 6.07 Å². The lowest BCUT2D eigenvalue weighted by Gasteiger charge is -2.17. The van der Waals surface area contributed by atoms with E-state index in [9.17, 15) is 18.3 Å². The van der Waals surface area contributed by atoms with E-state index < -0.39 is 22.0 Å². The summed E-state index contributed by atoms with van der Waals surface area (Å²) >= 11 is 0. The fourth-order valence-corrected chi connectivity index (χ4v) is 3.93. The van der Waals surface area contributed by atoms with Crippen LogP contribution in [0, 0.1) is 0 Å². The second-order valence-electron chi connectivity index (χ2n) is 6.97. The van der Waals surface area contributed by atoms with Gasteiger partial charge in [0.1, 0.15) is 12.7 Å². The number of rotatable bonds is 11. The first kappa shape index (κ1) is 24.4. The molecule has 2 aromatic rings. The molecule has 2 rings (SSSR count). The van der Waals surface area contributed by atoms with Crippen LogP contribution < -0.4 is 24.2 Å². The summed E-state index contributed by atoms with van der Waals surface area (Å²) in [5, 5.41) is 12.7. The van der Waals surface area contributed by atoms with Gasteiger partial charge in [-0.25, -0.2) is 13.1 Å². The van der Waals surface area contributed by atoms with Gasteiger partial charge in [0.2, 0.25) is 15.8 Å². The Morgan fingerprint density at radius 2 is 1.61 bits per heavy atom. The minimum Gasteiger partial charge on any atom is -0.493 e. The van der Waals surface area contributed by atoms with Crippen LogP contribution in [0.25, 0.3) is 0 Å². The lowest BCUT2D eigenvalue weighted by molar-refractivity contribution is 0.0833. The Labute approximate surface area is 182 Å². The summed E-state index contributed by atoms with van der Waals surface area (Å²) in [5.41, 5.74) is 0.267. The van der Waals surface area contributed by atoms with Crippen molar-refractivity contribution in [1.82, 2.24) is 10.0 Å². The highest BCUT2D eigenvalue weighted by molar-refractivity contribution is 7.89. The third-order valence-electron chi connectivity index (χ3n) is 4.12. The molecule has 3 N–H and O–H groups in total. The zero-order valence-corrected chi connectivity index (χ0v) is 18.7. The summed E-state index contributed by atoms with van der Waals surface area (Å²) < 4.78 is 42.8. The number of amides is 1. The van der Waals surface area contributed by atoms with Crippen molar-refractivity contribution in [2.24, 2.45) is 0 Å². The van der Waals surface area contributed by atoms with Crippen LogP contribution in [0.4, 0.5) is 0 Å². The van der Waals surface area contributed by atoms with Crippen molar-refractivity contribution >= 4 is 15.9 Å². The van der Waals surface area contributed by atoms with E-state index in [4.69, 9.17) is 14.2 Å². The van der Waals surface area contributed by atoms with E-state index in [0.29, 0.717) is 17.2 Å². The second-order valence-corrected chi connectivity index (χ2v) is 8.68. The summed E-state index contributed by atoms with van der Waals surface area (Å²) in [4.78, 5) is 12.4. The van der Waals surface area contributed by atoms with Crippen LogP contribution in [0.5, 0.6) is 17.2 Å². The molecule has 2 aromatic carbocycles. The van der Waals surface area contributed by atoms with Gasteiger partial charge in [-0.3, -0.25) is 4.79 Å². The molecular weight excluding hydrogens is 424 g/mol. The molecular formula is C21H28N2O7S. The van der Waals surface area contributed by atoms with Crippen molar-refractivity contribution in [1.29, 1.82) is 0 Å². The molecule has 0 bridgehead atoms. The van der Waals surface area contributed by atoms with E-state index in [-0.39, 0.29) is 29.7 Å². The summed E-state index contributed by atoms with van der Waals surface area (Å²) in [5.74, 6) is 0.814. The molecule has 0 aromatic heterocycles. The Hall–Kier alpha value is -2.82. The molecule has 31 heavy (non-hydrogen) atoms. The Morgan fingerprint density at radius 1 is 1.03 bits per heavy atom. The normalized spacial score (nSPS) is 12.3. The van der Waals surface area contributed by atoms with Gasteiger partial charge in [0.05, 0.1) is 19.1 Å². The van der Waals surface area contributed by atoms with Crippen molar-refractivity contribution < 1.29 is 32.5 Å². The van der Waals surface area contributed by atoms with Crippen LogP contribution in [0.1, 0.15) is 24.2 Å². The monoisotopic (exact) mass is 452 g/mol. The van der Waals surface area contributed by atoms with Gasteiger partial charge in [0.25, 0.3) is 5.91 Å². The number of aliphatic hydroxyl groups excluding tert-OH is 1. The second kappa shape index (κ2) is 11.0. The SMILES string of the molecule is COc1cccc(OC)c1OCC(O)CNC(=O)c1ccc(S(=O)(=O)NC(C)C)cc1. The highest BCUT2D eigenvalue weighted by Crippen LogP contribution is 2.36. The maximum Gasteiger partial charge on any atom is 0.251 e. The predicted molar refractivity (Wildman–Crippen MR) is 115 cm³/mol. The summed E-state index contributed by atoms with van der Waals surface area (Å²) in [6.07, 6.45) is -0.992. The fourth-order valence-electron chi connectivity index (χ4n) is 2.67. The van der Waals surface area contributed by atoms with Crippen LogP contribution in [0.15, 0.2) is 47.4 Å². The zero-order valence-electron chi connectivity index (χ0n) is 17.9. The smallest absolute Gasteiger partial charge is 0.251 e. The summed E-state index contributed by atoms with van der Waals surface area (Å²) in [6, 6.07) is 10.4. The molecule has 0 saturated carbocycles. The van der Waals surface area contributed by atoms with E-state index in [0.717, 1.165) is 0 Å². The topological polar surface area (TPSA) is 123 Å². The summed E-state index contributed by atoms with van der Waals surface area (Å²) in [7, 11) is -0.644. The van der Waals surface area contributed by atoms with Crippen LogP contribution >= 0.6 is 0 Å². The third kappa shape index (κ3) is 6.84. The number of ether oxygens (including phenoxy) is 3. The van der Waals surface area contributed by atoms with Crippen LogP contribution in [0.2, 0.25) is 0 Å². The molecule has 0 aliphatic heterocycles. The predicted octanol–water partition coefficient (Wildman–Crippen LogP) is 1.56. The van der Waals surface area contributed by atoms with E-state index in [1.165, 1.54) is 38.5 Å². The number of hydrogen-bond acceptors (Lipinski definition) is 7. The molecule has 170 valence electrons. The van der Waals surface area contributed by atoms with Crippen LogP contribution in [0.3, 0.4) is 0 Å². The molecule has 1 atom stereocenters. The van der Waals surface area contributed by atoms with Crippen molar-refractivity contribution in [3.63, 3.8) is 0 Å². The van der Waals surface area contributed by atoms with Crippen LogP contribution in [-0.4, -0.2) is 58.9 Å². The lowest BCUT2D eigenvalue weighted by Crippen LogP contribution is -2.35. The van der Waals surface area contributed by atoms with Crippen molar-refractivity contribution in [2.45, 2.75) is 30.9 Å². The van der Waals surface area contributed by atoms with Gasteiger partial charge >= 0.3 is 0 Å². The van der Waals surface area contributed by atoms with Crippen molar-refractivity contribution in [3.05, 3.63) is 48.0 Å². The van der Waals surface area contributed by atoms with Gasteiger partial charge in [-0.15, -0.1) is 0 Å². The van der Waals surface area contributed by atoms with E-state index in [1.54, 1.807) is 32.0 Å². The zero-order chi connectivity index (χ0) is 23.0. The largest absolute Gasteiger partial charge is 0.493 e. The molecule has 9 nitrogen and oxygen atoms in total. The fraction of sp³-hybridized carbons (Fsp3) is 0.381. The molecule has 0 heterocycles. The Kier molecular flexibility index (Phi) is 8.66. The number of carbonyl (C=O) groups excluding carboxylic acids is 1. The molecule has 0 aliphatic carbocycles. The molecule has 0 radical (unpaired) electrons. The minimum atomic E-state index is -3.63. The van der Waals surface area contributed by atoms with Gasteiger partial charge < -0.3 is 24.6 Å². The van der Waals surface area contributed by atoms with Crippen molar-refractivity contribution in [2.75, 3.05) is 27.4 Å². The van der Waals surface area contributed by atoms with Crippen molar-refractivity contribution in [3.8, 4) is 17.2 Å². The first-order valence-electron chi connectivity index (χ1n) is 9.60. The number of sulfonamides is 1. The minimum absolute atomic E-state index is 0.0642. The van der Waals surface area contributed by atoms with Crippen LogP contribution in [-0.2, 0) is 10.0 Å². The van der Waals surface area contributed by atoms with E-state index >= 15 is 0 Å². The van der Waals surface area contributed by atoms with Gasteiger partial charge in [0, 0.05) is 18.2 Å². The molecule has 0 saturated heterocycles. The van der Waals surface area contributed by atoms with Gasteiger partial charge in [0.15, 0.2) is 11.5 Å². The number of aliphatic hydroxyl groups is 1. The molecule has 1 amide bonds. The average molecular weight is 453 g/mol. The number of nitrogens with one attached hydrogen (secondary N) is 2. The Bertz CT molecular complexity index is 953. The number of benzene rings is 2. The highest BCUT2D eigenvalue weighted by atomic mass is 32.2. The highest BCUT2D eigenvalue weighted by Gasteiger charge is 2.17. The molecule has 0 fully saturated rings. The van der Waals surface area contributed by atoms with E-state index in [1.807, 2.05) is 0 Å². The Morgan fingerprint density at radius 3 is 2.13 bits per heavy atom. The first-order valence-corrected chi connectivity index (χ1v) is 11.1. The molecule has 1 unspecified atom stereocenters.